The monoisotopic (exact) mass is 288 g/mol. The van der Waals surface area contributed by atoms with Gasteiger partial charge in [0.25, 0.3) is 0 Å². The lowest BCUT2D eigenvalue weighted by molar-refractivity contribution is 0.412. The molecule has 1 aromatic carbocycles. The van der Waals surface area contributed by atoms with Crippen molar-refractivity contribution in [3.05, 3.63) is 39.3 Å². The van der Waals surface area contributed by atoms with Crippen molar-refractivity contribution in [1.82, 2.24) is 4.98 Å². The van der Waals surface area contributed by atoms with Gasteiger partial charge >= 0.3 is 0 Å². The van der Waals surface area contributed by atoms with Crippen LogP contribution in [0.15, 0.2) is 18.2 Å². The fraction of sp³-hybridized carbons (Fsp3) is 0.438. The maximum absolute atomic E-state index is 5.56. The number of para-hydroxylation sites is 1. The summed E-state index contributed by atoms with van der Waals surface area (Å²) in [6, 6.07) is 6.36. The molecule has 0 radical (unpaired) electrons. The van der Waals surface area contributed by atoms with E-state index in [9.17, 15) is 0 Å². The van der Waals surface area contributed by atoms with Crippen LogP contribution in [-0.2, 0) is 13.0 Å². The van der Waals surface area contributed by atoms with Gasteiger partial charge in [0.15, 0.2) is 0 Å². The van der Waals surface area contributed by atoms with Crippen LogP contribution in [0.25, 0.3) is 0 Å². The molecule has 1 aliphatic heterocycles. The van der Waals surface area contributed by atoms with Crippen molar-refractivity contribution in [3.8, 4) is 5.75 Å². The normalized spacial score (nSPS) is 14.2. The molecule has 0 spiro atoms. The van der Waals surface area contributed by atoms with Gasteiger partial charge in [-0.2, -0.15) is 0 Å². The molecule has 0 unspecified atom stereocenters. The Morgan fingerprint density at radius 1 is 1.35 bits per heavy atom. The summed E-state index contributed by atoms with van der Waals surface area (Å²) in [6.07, 6.45) is 2.35. The molecule has 3 rings (SSSR count). The Bertz CT molecular complexity index is 607. The third-order valence-electron chi connectivity index (χ3n) is 3.83. The molecule has 0 aliphatic carbocycles. The quantitative estimate of drug-likeness (QED) is 0.860. The maximum Gasteiger partial charge on any atom is 0.142 e. The first-order valence-electron chi connectivity index (χ1n) is 7.03. The van der Waals surface area contributed by atoms with Gasteiger partial charge in [0, 0.05) is 11.4 Å². The smallest absolute Gasteiger partial charge is 0.142 e. The summed E-state index contributed by atoms with van der Waals surface area (Å²) in [4.78, 5) is 8.34. The first-order chi connectivity index (χ1) is 9.69. The van der Waals surface area contributed by atoms with Crippen molar-refractivity contribution in [1.29, 1.82) is 0 Å². The van der Waals surface area contributed by atoms with E-state index < -0.39 is 0 Å². The fourth-order valence-electron chi connectivity index (χ4n) is 2.92. The Kier molecular flexibility index (Phi) is 3.66. The zero-order valence-corrected chi connectivity index (χ0v) is 13.1. The van der Waals surface area contributed by atoms with E-state index in [0.29, 0.717) is 0 Å². The van der Waals surface area contributed by atoms with E-state index >= 15 is 0 Å². The molecule has 3 nitrogen and oxygen atoms in total. The number of thiazole rings is 1. The zero-order chi connectivity index (χ0) is 14.1. The van der Waals surface area contributed by atoms with E-state index in [1.165, 1.54) is 22.5 Å². The molecule has 0 N–H and O–H groups in total. The Balaban J connectivity index is 1.95. The van der Waals surface area contributed by atoms with Crippen molar-refractivity contribution in [2.45, 2.75) is 33.2 Å². The molecule has 0 bridgehead atoms. The minimum atomic E-state index is 0.935. The number of hydrogen-bond acceptors (Lipinski definition) is 4. The number of ether oxygens (including phenoxy) is 1. The van der Waals surface area contributed by atoms with E-state index in [-0.39, 0.29) is 0 Å². The first-order valence-corrected chi connectivity index (χ1v) is 7.84. The van der Waals surface area contributed by atoms with E-state index in [1.807, 2.05) is 0 Å². The van der Waals surface area contributed by atoms with Gasteiger partial charge in [0.05, 0.1) is 30.0 Å². The number of anilines is 1. The highest BCUT2D eigenvalue weighted by Crippen LogP contribution is 2.37. The highest BCUT2D eigenvalue weighted by molar-refractivity contribution is 7.11. The second-order valence-electron chi connectivity index (χ2n) is 5.23. The Hall–Kier alpha value is -1.55. The predicted octanol–water partition coefficient (Wildman–Crippen LogP) is 3.72. The summed E-state index contributed by atoms with van der Waals surface area (Å²) in [5.74, 6) is 0.987. The van der Waals surface area contributed by atoms with Gasteiger partial charge in [-0.25, -0.2) is 4.98 Å². The van der Waals surface area contributed by atoms with E-state index in [0.717, 1.165) is 36.0 Å². The highest BCUT2D eigenvalue weighted by Gasteiger charge is 2.22. The average Bonchev–Trinajstić information content (AvgIpc) is 2.76. The van der Waals surface area contributed by atoms with Gasteiger partial charge in [0.2, 0.25) is 0 Å². The summed E-state index contributed by atoms with van der Waals surface area (Å²) in [6.45, 7) is 6.20. The molecule has 2 aromatic rings. The van der Waals surface area contributed by atoms with Crippen LogP contribution in [0.3, 0.4) is 0 Å². The first kappa shape index (κ1) is 13.4. The van der Waals surface area contributed by atoms with Gasteiger partial charge in [0.1, 0.15) is 5.75 Å². The lowest BCUT2D eigenvalue weighted by atomic mass is 10.0. The molecule has 1 aromatic heterocycles. The summed E-state index contributed by atoms with van der Waals surface area (Å²) in [5, 5.41) is 1.15. The minimum absolute atomic E-state index is 0.935. The molecular formula is C16H20N2OS. The van der Waals surface area contributed by atoms with Crippen molar-refractivity contribution in [2.24, 2.45) is 0 Å². The van der Waals surface area contributed by atoms with E-state index in [4.69, 9.17) is 4.74 Å². The standard InChI is InChI=1S/C16H20N2OS/c1-11-15(20-12(2)17-11)10-18-9-5-7-13-6-4-8-14(19-3)16(13)18/h4,6,8H,5,7,9-10H2,1-3H3. The van der Waals surface area contributed by atoms with Crippen LogP contribution >= 0.6 is 11.3 Å². The molecule has 4 heteroatoms. The number of methoxy groups -OCH3 is 1. The van der Waals surface area contributed by atoms with Crippen LogP contribution in [0.5, 0.6) is 5.75 Å². The van der Waals surface area contributed by atoms with Gasteiger partial charge in [-0.1, -0.05) is 12.1 Å². The number of benzene rings is 1. The summed E-state index contributed by atoms with van der Waals surface area (Å²) in [5.41, 5.74) is 3.83. The number of aromatic nitrogens is 1. The molecule has 0 atom stereocenters. The van der Waals surface area contributed by atoms with E-state index in [1.54, 1.807) is 18.4 Å². The van der Waals surface area contributed by atoms with Gasteiger partial charge in [-0.15, -0.1) is 11.3 Å². The molecule has 0 saturated carbocycles. The maximum atomic E-state index is 5.56. The van der Waals surface area contributed by atoms with Gasteiger partial charge < -0.3 is 9.64 Å². The van der Waals surface area contributed by atoms with Crippen LogP contribution in [0, 0.1) is 13.8 Å². The molecular weight excluding hydrogens is 268 g/mol. The summed E-state index contributed by atoms with van der Waals surface area (Å²) in [7, 11) is 1.75. The lowest BCUT2D eigenvalue weighted by Crippen LogP contribution is -2.29. The van der Waals surface area contributed by atoms with E-state index in [2.05, 4.69) is 41.9 Å². The van der Waals surface area contributed by atoms with Crippen LogP contribution in [0.2, 0.25) is 0 Å². The third kappa shape index (κ3) is 2.40. The van der Waals surface area contributed by atoms with Crippen LogP contribution < -0.4 is 9.64 Å². The SMILES string of the molecule is COc1cccc2c1N(Cc1sc(C)nc1C)CCC2. The highest BCUT2D eigenvalue weighted by atomic mass is 32.1. The predicted molar refractivity (Wildman–Crippen MR) is 84.0 cm³/mol. The van der Waals surface area contributed by atoms with Crippen LogP contribution in [0.4, 0.5) is 5.69 Å². The largest absolute Gasteiger partial charge is 0.495 e. The lowest BCUT2D eigenvalue weighted by Gasteiger charge is -2.32. The second kappa shape index (κ2) is 5.44. The second-order valence-corrected chi connectivity index (χ2v) is 6.52. The van der Waals surface area contributed by atoms with Crippen molar-refractivity contribution < 1.29 is 4.74 Å². The zero-order valence-electron chi connectivity index (χ0n) is 12.3. The van der Waals surface area contributed by atoms with Crippen molar-refractivity contribution in [3.63, 3.8) is 0 Å². The number of hydrogen-bond donors (Lipinski definition) is 0. The summed E-state index contributed by atoms with van der Waals surface area (Å²) < 4.78 is 5.56. The Morgan fingerprint density at radius 2 is 2.20 bits per heavy atom. The Morgan fingerprint density at radius 3 is 2.90 bits per heavy atom. The van der Waals surface area contributed by atoms with Crippen LogP contribution in [-0.4, -0.2) is 18.6 Å². The number of nitrogens with zero attached hydrogens (tertiary/aromatic N) is 2. The summed E-state index contributed by atoms with van der Waals surface area (Å²) >= 11 is 1.80. The number of aryl methyl sites for hydroxylation is 3. The average molecular weight is 288 g/mol. The van der Waals surface area contributed by atoms with Gasteiger partial charge in [-0.05, 0) is 38.3 Å². The number of fused-ring (bicyclic) bond motifs is 1. The fourth-order valence-corrected chi connectivity index (χ4v) is 3.87. The molecule has 0 saturated heterocycles. The third-order valence-corrected chi connectivity index (χ3v) is 4.88. The van der Waals surface area contributed by atoms with Crippen molar-refractivity contribution in [2.75, 3.05) is 18.6 Å². The minimum Gasteiger partial charge on any atom is -0.495 e. The Labute approximate surface area is 124 Å². The molecule has 0 fully saturated rings. The van der Waals surface area contributed by atoms with Crippen LogP contribution in [0.1, 0.15) is 27.6 Å². The molecule has 0 amide bonds. The number of rotatable bonds is 3. The molecule has 20 heavy (non-hydrogen) atoms. The molecule has 1 aliphatic rings. The van der Waals surface area contributed by atoms with Gasteiger partial charge in [-0.3, -0.25) is 0 Å². The van der Waals surface area contributed by atoms with Crippen molar-refractivity contribution >= 4 is 17.0 Å². The molecule has 2 heterocycles. The topological polar surface area (TPSA) is 25.4 Å². The molecule has 106 valence electrons.